The first kappa shape index (κ1) is 6.99. The van der Waals surface area contributed by atoms with E-state index in [-0.39, 0.29) is 0 Å². The van der Waals surface area contributed by atoms with Gasteiger partial charge in [-0.2, -0.15) is 0 Å². The third-order valence-electron chi connectivity index (χ3n) is 1.88. The second-order valence-electron chi connectivity index (χ2n) is 2.85. The summed E-state index contributed by atoms with van der Waals surface area (Å²) in [6.07, 6.45) is 0. The summed E-state index contributed by atoms with van der Waals surface area (Å²) < 4.78 is 0. The van der Waals surface area contributed by atoms with Crippen LogP contribution in [-0.2, 0) is 0 Å². The van der Waals surface area contributed by atoms with Crippen LogP contribution in [0, 0.1) is 0 Å². The fourth-order valence-electron chi connectivity index (χ4n) is 1.15. The maximum absolute atomic E-state index is 5.65. The minimum absolute atomic E-state index is 0.517. The molecule has 2 N–H and O–H groups in total. The number of hydrogen-bond donors (Lipinski definition) is 1. The highest BCUT2D eigenvalue weighted by atomic mass is 15.4. The molecule has 1 atom stereocenters. The molecule has 0 amide bonds. The van der Waals surface area contributed by atoms with Gasteiger partial charge in [-0.15, -0.1) is 0 Å². The van der Waals surface area contributed by atoms with Crippen molar-refractivity contribution in [1.82, 2.24) is 9.91 Å². The zero-order valence-electron chi connectivity index (χ0n) is 6.17. The highest BCUT2D eigenvalue weighted by Gasteiger charge is 2.17. The zero-order valence-corrected chi connectivity index (χ0v) is 6.17. The fraction of sp³-hybridized carbons (Fsp3) is 1.00. The number of piperazine rings is 1. The van der Waals surface area contributed by atoms with Gasteiger partial charge in [-0.1, -0.05) is 0 Å². The summed E-state index contributed by atoms with van der Waals surface area (Å²) in [4.78, 5) is 2.30. The van der Waals surface area contributed by atoms with Crippen LogP contribution in [0.1, 0.15) is 6.92 Å². The van der Waals surface area contributed by atoms with E-state index in [2.05, 4.69) is 18.9 Å². The average Bonchev–Trinajstić information content (AvgIpc) is 1.80. The summed E-state index contributed by atoms with van der Waals surface area (Å²) >= 11 is 0. The van der Waals surface area contributed by atoms with E-state index in [9.17, 15) is 0 Å². The minimum Gasteiger partial charge on any atom is -0.303 e. The van der Waals surface area contributed by atoms with Crippen LogP contribution in [0.25, 0.3) is 0 Å². The van der Waals surface area contributed by atoms with E-state index in [0.29, 0.717) is 6.04 Å². The summed E-state index contributed by atoms with van der Waals surface area (Å²) in [6.45, 7) is 5.34. The van der Waals surface area contributed by atoms with Crippen molar-refractivity contribution in [1.29, 1.82) is 0 Å². The van der Waals surface area contributed by atoms with Crippen molar-refractivity contribution in [2.24, 2.45) is 5.84 Å². The number of hydrazine groups is 1. The number of hydrogen-bond acceptors (Lipinski definition) is 3. The van der Waals surface area contributed by atoms with Gasteiger partial charge in [-0.3, -0.25) is 5.84 Å². The predicted octanol–water partition coefficient (Wildman–Crippen LogP) is -0.504. The Kier molecular flexibility index (Phi) is 2.05. The molecule has 1 rings (SSSR count). The molecular weight excluding hydrogens is 114 g/mol. The first-order valence-corrected chi connectivity index (χ1v) is 3.40. The summed E-state index contributed by atoms with van der Waals surface area (Å²) in [5.41, 5.74) is 0. The Morgan fingerprint density at radius 1 is 1.44 bits per heavy atom. The molecule has 0 bridgehead atoms. The fourth-order valence-corrected chi connectivity index (χ4v) is 1.15. The quantitative estimate of drug-likeness (QED) is 0.447. The van der Waals surface area contributed by atoms with Gasteiger partial charge in [0.2, 0.25) is 0 Å². The molecule has 0 radical (unpaired) electrons. The predicted molar refractivity (Wildman–Crippen MR) is 37.9 cm³/mol. The Balaban J connectivity index is 2.35. The molecule has 0 saturated carbocycles. The van der Waals surface area contributed by atoms with Crippen LogP contribution in [0.4, 0.5) is 0 Å². The van der Waals surface area contributed by atoms with E-state index < -0.39 is 0 Å². The van der Waals surface area contributed by atoms with Crippen molar-refractivity contribution in [3.63, 3.8) is 0 Å². The monoisotopic (exact) mass is 129 g/mol. The van der Waals surface area contributed by atoms with Gasteiger partial charge in [0.1, 0.15) is 0 Å². The Labute approximate surface area is 56.4 Å². The second kappa shape index (κ2) is 2.64. The highest BCUT2D eigenvalue weighted by Crippen LogP contribution is 2.01. The standard InChI is InChI=1S/C6H15N3/c1-6-5-8(2)3-4-9(6)7/h6H,3-5,7H2,1-2H3/t6-/m0/s1. The summed E-state index contributed by atoms with van der Waals surface area (Å²) in [7, 11) is 2.13. The van der Waals surface area contributed by atoms with Gasteiger partial charge in [-0.25, -0.2) is 5.01 Å². The number of rotatable bonds is 0. The van der Waals surface area contributed by atoms with E-state index in [1.54, 1.807) is 0 Å². The molecule has 0 spiro atoms. The van der Waals surface area contributed by atoms with E-state index in [1.807, 2.05) is 5.01 Å². The van der Waals surface area contributed by atoms with Gasteiger partial charge in [0, 0.05) is 25.7 Å². The SMILES string of the molecule is C[C@H]1CN(C)CCN1N. The van der Waals surface area contributed by atoms with Crippen molar-refractivity contribution in [3.05, 3.63) is 0 Å². The molecule has 0 aromatic rings. The Bertz CT molecular complexity index is 94.3. The lowest BCUT2D eigenvalue weighted by Gasteiger charge is -2.34. The van der Waals surface area contributed by atoms with Gasteiger partial charge in [0.05, 0.1) is 0 Å². The molecule has 3 nitrogen and oxygen atoms in total. The molecule has 3 heteroatoms. The van der Waals surface area contributed by atoms with E-state index >= 15 is 0 Å². The number of nitrogens with zero attached hydrogens (tertiary/aromatic N) is 2. The smallest absolute Gasteiger partial charge is 0.0340 e. The third-order valence-corrected chi connectivity index (χ3v) is 1.88. The molecule has 0 aromatic carbocycles. The number of likely N-dealkylation sites (N-methyl/N-ethyl adjacent to an activating group) is 1. The molecule has 9 heavy (non-hydrogen) atoms. The average molecular weight is 129 g/mol. The van der Waals surface area contributed by atoms with Gasteiger partial charge in [0.15, 0.2) is 0 Å². The molecule has 0 unspecified atom stereocenters. The Morgan fingerprint density at radius 2 is 2.11 bits per heavy atom. The van der Waals surface area contributed by atoms with Crippen molar-refractivity contribution < 1.29 is 0 Å². The van der Waals surface area contributed by atoms with Crippen LogP contribution in [-0.4, -0.2) is 42.6 Å². The van der Waals surface area contributed by atoms with Crippen LogP contribution < -0.4 is 5.84 Å². The van der Waals surface area contributed by atoms with Crippen LogP contribution in [0.2, 0.25) is 0 Å². The Morgan fingerprint density at radius 3 is 2.56 bits per heavy atom. The minimum atomic E-state index is 0.517. The van der Waals surface area contributed by atoms with E-state index in [1.165, 1.54) is 0 Å². The Hall–Kier alpha value is -0.120. The molecule has 1 fully saturated rings. The molecular formula is C6H15N3. The van der Waals surface area contributed by atoms with Gasteiger partial charge in [-0.05, 0) is 14.0 Å². The maximum atomic E-state index is 5.65. The van der Waals surface area contributed by atoms with Crippen molar-refractivity contribution in [3.8, 4) is 0 Å². The van der Waals surface area contributed by atoms with Gasteiger partial charge in [0.25, 0.3) is 0 Å². The summed E-state index contributed by atoms with van der Waals surface area (Å²) in [5, 5.41) is 1.90. The largest absolute Gasteiger partial charge is 0.303 e. The lowest BCUT2D eigenvalue weighted by Crippen LogP contribution is -2.53. The van der Waals surface area contributed by atoms with E-state index in [4.69, 9.17) is 5.84 Å². The molecule has 1 heterocycles. The summed E-state index contributed by atoms with van der Waals surface area (Å²) in [5.74, 6) is 5.65. The van der Waals surface area contributed by atoms with Crippen LogP contribution in [0.3, 0.4) is 0 Å². The maximum Gasteiger partial charge on any atom is 0.0340 e. The van der Waals surface area contributed by atoms with Crippen LogP contribution in [0.5, 0.6) is 0 Å². The molecule has 0 aromatic heterocycles. The highest BCUT2D eigenvalue weighted by molar-refractivity contribution is 4.72. The lowest BCUT2D eigenvalue weighted by atomic mass is 10.2. The zero-order chi connectivity index (χ0) is 6.85. The first-order chi connectivity index (χ1) is 4.20. The first-order valence-electron chi connectivity index (χ1n) is 3.40. The summed E-state index contributed by atoms with van der Waals surface area (Å²) in [6, 6.07) is 0.517. The van der Waals surface area contributed by atoms with E-state index in [0.717, 1.165) is 19.6 Å². The molecule has 1 saturated heterocycles. The van der Waals surface area contributed by atoms with Crippen molar-refractivity contribution >= 4 is 0 Å². The molecule has 1 aliphatic rings. The van der Waals surface area contributed by atoms with Gasteiger partial charge >= 0.3 is 0 Å². The third kappa shape index (κ3) is 1.64. The van der Waals surface area contributed by atoms with Crippen molar-refractivity contribution in [2.75, 3.05) is 26.7 Å². The topological polar surface area (TPSA) is 32.5 Å². The molecule has 0 aliphatic carbocycles. The van der Waals surface area contributed by atoms with Crippen molar-refractivity contribution in [2.45, 2.75) is 13.0 Å². The lowest BCUT2D eigenvalue weighted by molar-refractivity contribution is 0.101. The van der Waals surface area contributed by atoms with Gasteiger partial charge < -0.3 is 4.90 Å². The van der Waals surface area contributed by atoms with Crippen LogP contribution >= 0.6 is 0 Å². The van der Waals surface area contributed by atoms with Crippen LogP contribution in [0.15, 0.2) is 0 Å². The molecule has 54 valence electrons. The molecule has 1 aliphatic heterocycles. The second-order valence-corrected chi connectivity index (χ2v) is 2.85. The number of nitrogens with two attached hydrogens (primary N) is 1. The normalized spacial score (nSPS) is 33.0.